The van der Waals surface area contributed by atoms with Crippen LogP contribution in [0.4, 0.5) is 5.95 Å². The standard InChI is InChI=1S/C9H16N4/c1-7(2)6-12-9-11-4-3-8(5-10)13-9/h3-4,7H,5-6,10H2,1-2H3,(H,11,12,13). The van der Waals surface area contributed by atoms with E-state index in [9.17, 15) is 0 Å². The Morgan fingerprint density at radius 3 is 2.92 bits per heavy atom. The molecule has 0 unspecified atom stereocenters. The number of hydrogen-bond donors (Lipinski definition) is 2. The monoisotopic (exact) mass is 180 g/mol. The normalized spacial score (nSPS) is 10.5. The molecule has 0 aromatic carbocycles. The Kier molecular flexibility index (Phi) is 3.64. The first kappa shape index (κ1) is 9.92. The van der Waals surface area contributed by atoms with Gasteiger partial charge in [-0.05, 0) is 12.0 Å². The molecule has 72 valence electrons. The van der Waals surface area contributed by atoms with Crippen molar-refractivity contribution >= 4 is 5.95 Å². The fourth-order valence-electron chi connectivity index (χ4n) is 0.890. The van der Waals surface area contributed by atoms with E-state index in [1.54, 1.807) is 6.20 Å². The third kappa shape index (κ3) is 3.38. The molecule has 0 spiro atoms. The number of nitrogens with zero attached hydrogens (tertiary/aromatic N) is 2. The molecule has 0 amide bonds. The molecular weight excluding hydrogens is 164 g/mol. The zero-order valence-corrected chi connectivity index (χ0v) is 8.12. The van der Waals surface area contributed by atoms with E-state index in [-0.39, 0.29) is 0 Å². The van der Waals surface area contributed by atoms with Gasteiger partial charge in [0, 0.05) is 19.3 Å². The number of nitrogens with one attached hydrogen (secondary N) is 1. The molecule has 0 fully saturated rings. The predicted molar refractivity (Wildman–Crippen MR) is 53.3 cm³/mol. The molecule has 3 N–H and O–H groups in total. The molecule has 13 heavy (non-hydrogen) atoms. The van der Waals surface area contributed by atoms with Gasteiger partial charge in [0.15, 0.2) is 0 Å². The molecule has 0 aliphatic rings. The van der Waals surface area contributed by atoms with Crippen LogP contribution in [0.2, 0.25) is 0 Å². The second-order valence-electron chi connectivity index (χ2n) is 3.35. The van der Waals surface area contributed by atoms with Gasteiger partial charge in [0.2, 0.25) is 5.95 Å². The van der Waals surface area contributed by atoms with Crippen LogP contribution >= 0.6 is 0 Å². The first-order chi connectivity index (χ1) is 6.22. The van der Waals surface area contributed by atoms with Gasteiger partial charge in [0.25, 0.3) is 0 Å². The minimum absolute atomic E-state index is 0.457. The van der Waals surface area contributed by atoms with Crippen molar-refractivity contribution in [2.24, 2.45) is 11.7 Å². The Hall–Kier alpha value is -1.16. The molecule has 0 saturated carbocycles. The van der Waals surface area contributed by atoms with Crippen LogP contribution in [-0.4, -0.2) is 16.5 Å². The summed E-state index contributed by atoms with van der Waals surface area (Å²) in [6.07, 6.45) is 1.72. The lowest BCUT2D eigenvalue weighted by Gasteiger charge is -2.07. The summed E-state index contributed by atoms with van der Waals surface area (Å²) in [4.78, 5) is 8.30. The first-order valence-corrected chi connectivity index (χ1v) is 4.48. The topological polar surface area (TPSA) is 63.8 Å². The maximum Gasteiger partial charge on any atom is 0.222 e. The lowest BCUT2D eigenvalue weighted by atomic mass is 10.2. The maximum atomic E-state index is 5.46. The summed E-state index contributed by atoms with van der Waals surface area (Å²) in [6.45, 7) is 5.62. The second-order valence-corrected chi connectivity index (χ2v) is 3.35. The lowest BCUT2D eigenvalue weighted by molar-refractivity contribution is 0.684. The highest BCUT2D eigenvalue weighted by Gasteiger charge is 1.98. The van der Waals surface area contributed by atoms with E-state index in [1.165, 1.54) is 0 Å². The Labute approximate surface area is 78.6 Å². The minimum atomic E-state index is 0.457. The van der Waals surface area contributed by atoms with Gasteiger partial charge in [-0.25, -0.2) is 9.97 Å². The van der Waals surface area contributed by atoms with Crippen LogP contribution in [0, 0.1) is 5.92 Å². The summed E-state index contributed by atoms with van der Waals surface area (Å²) in [7, 11) is 0. The summed E-state index contributed by atoms with van der Waals surface area (Å²) >= 11 is 0. The van der Waals surface area contributed by atoms with Crippen LogP contribution in [0.5, 0.6) is 0 Å². The molecule has 0 aliphatic heterocycles. The van der Waals surface area contributed by atoms with E-state index in [2.05, 4.69) is 29.1 Å². The Morgan fingerprint density at radius 2 is 2.31 bits per heavy atom. The molecule has 4 heteroatoms. The van der Waals surface area contributed by atoms with E-state index in [4.69, 9.17) is 5.73 Å². The number of anilines is 1. The third-order valence-corrected chi connectivity index (χ3v) is 1.59. The van der Waals surface area contributed by atoms with Crippen molar-refractivity contribution in [3.05, 3.63) is 18.0 Å². The van der Waals surface area contributed by atoms with Gasteiger partial charge in [-0.3, -0.25) is 0 Å². The minimum Gasteiger partial charge on any atom is -0.354 e. The summed E-state index contributed by atoms with van der Waals surface area (Å²) in [6, 6.07) is 1.82. The second kappa shape index (κ2) is 4.77. The van der Waals surface area contributed by atoms with Crippen molar-refractivity contribution in [2.45, 2.75) is 20.4 Å². The maximum absolute atomic E-state index is 5.46. The average molecular weight is 180 g/mol. The summed E-state index contributed by atoms with van der Waals surface area (Å²) < 4.78 is 0. The molecule has 0 aliphatic carbocycles. The fraction of sp³-hybridized carbons (Fsp3) is 0.556. The fourth-order valence-corrected chi connectivity index (χ4v) is 0.890. The van der Waals surface area contributed by atoms with Gasteiger partial charge in [0.05, 0.1) is 5.69 Å². The number of nitrogens with two attached hydrogens (primary N) is 1. The van der Waals surface area contributed by atoms with Crippen LogP contribution < -0.4 is 11.1 Å². The largest absolute Gasteiger partial charge is 0.354 e. The molecular formula is C9H16N4. The summed E-state index contributed by atoms with van der Waals surface area (Å²) in [5.74, 6) is 1.25. The zero-order chi connectivity index (χ0) is 9.68. The number of rotatable bonds is 4. The van der Waals surface area contributed by atoms with Crippen molar-refractivity contribution in [1.82, 2.24) is 9.97 Å². The van der Waals surface area contributed by atoms with Crippen molar-refractivity contribution in [2.75, 3.05) is 11.9 Å². The van der Waals surface area contributed by atoms with E-state index >= 15 is 0 Å². The molecule has 0 atom stereocenters. The number of hydrogen-bond acceptors (Lipinski definition) is 4. The molecule has 0 radical (unpaired) electrons. The highest BCUT2D eigenvalue weighted by molar-refractivity contribution is 5.24. The summed E-state index contributed by atoms with van der Waals surface area (Å²) in [5, 5.41) is 3.14. The Balaban J connectivity index is 2.56. The third-order valence-electron chi connectivity index (χ3n) is 1.59. The molecule has 1 aromatic rings. The smallest absolute Gasteiger partial charge is 0.222 e. The van der Waals surface area contributed by atoms with Gasteiger partial charge in [-0.15, -0.1) is 0 Å². The van der Waals surface area contributed by atoms with Gasteiger partial charge < -0.3 is 11.1 Å². The van der Waals surface area contributed by atoms with Gasteiger partial charge in [-0.1, -0.05) is 13.8 Å². The van der Waals surface area contributed by atoms with Crippen LogP contribution in [-0.2, 0) is 6.54 Å². The van der Waals surface area contributed by atoms with Crippen LogP contribution in [0.3, 0.4) is 0 Å². The van der Waals surface area contributed by atoms with Crippen molar-refractivity contribution in [3.63, 3.8) is 0 Å². The Bertz CT molecular complexity index is 260. The van der Waals surface area contributed by atoms with E-state index in [0.29, 0.717) is 18.4 Å². The van der Waals surface area contributed by atoms with Crippen molar-refractivity contribution in [1.29, 1.82) is 0 Å². The van der Waals surface area contributed by atoms with E-state index in [0.717, 1.165) is 12.2 Å². The van der Waals surface area contributed by atoms with Gasteiger partial charge in [0.1, 0.15) is 0 Å². The lowest BCUT2D eigenvalue weighted by Crippen LogP contribution is -2.11. The molecule has 0 bridgehead atoms. The van der Waals surface area contributed by atoms with E-state index < -0.39 is 0 Å². The summed E-state index contributed by atoms with van der Waals surface area (Å²) in [5.41, 5.74) is 6.32. The Morgan fingerprint density at radius 1 is 1.54 bits per heavy atom. The highest BCUT2D eigenvalue weighted by Crippen LogP contribution is 2.00. The first-order valence-electron chi connectivity index (χ1n) is 4.48. The van der Waals surface area contributed by atoms with E-state index in [1.807, 2.05) is 6.07 Å². The molecule has 0 saturated heterocycles. The highest BCUT2D eigenvalue weighted by atomic mass is 15.1. The molecule has 1 rings (SSSR count). The van der Waals surface area contributed by atoms with Gasteiger partial charge in [-0.2, -0.15) is 0 Å². The predicted octanol–water partition coefficient (Wildman–Crippen LogP) is 1.00. The quantitative estimate of drug-likeness (QED) is 0.725. The molecule has 1 heterocycles. The van der Waals surface area contributed by atoms with Crippen LogP contribution in [0.25, 0.3) is 0 Å². The molecule has 4 nitrogen and oxygen atoms in total. The van der Waals surface area contributed by atoms with Crippen LogP contribution in [0.1, 0.15) is 19.5 Å². The number of aromatic nitrogens is 2. The van der Waals surface area contributed by atoms with Crippen molar-refractivity contribution < 1.29 is 0 Å². The molecule has 1 aromatic heterocycles. The van der Waals surface area contributed by atoms with Crippen molar-refractivity contribution in [3.8, 4) is 0 Å². The average Bonchev–Trinajstić information content (AvgIpc) is 2.15. The van der Waals surface area contributed by atoms with Crippen LogP contribution in [0.15, 0.2) is 12.3 Å². The van der Waals surface area contributed by atoms with Gasteiger partial charge >= 0.3 is 0 Å². The SMILES string of the molecule is CC(C)CNc1nccc(CN)n1. The zero-order valence-electron chi connectivity index (χ0n) is 8.12.